The second-order valence-corrected chi connectivity index (χ2v) is 35.0. The Hall–Kier alpha value is -16.0. The van der Waals surface area contributed by atoms with Crippen molar-refractivity contribution in [1.82, 2.24) is 61.2 Å². The summed E-state index contributed by atoms with van der Waals surface area (Å²) >= 11 is 3.30. The fourth-order valence-corrected chi connectivity index (χ4v) is 16.8. The Morgan fingerprint density at radius 3 is 1.39 bits per heavy atom. The number of nitrogen functional groups attached to an aromatic ring is 2. The van der Waals surface area contributed by atoms with Crippen LogP contribution in [0.25, 0.3) is 20.9 Å². The van der Waals surface area contributed by atoms with Crippen molar-refractivity contribution in [3.63, 3.8) is 0 Å². The first-order valence-electron chi connectivity index (χ1n) is 45.2. The van der Waals surface area contributed by atoms with E-state index in [4.69, 9.17) is 48.3 Å². The zero-order valence-corrected chi connectivity index (χ0v) is 79.1. The van der Waals surface area contributed by atoms with E-state index in [0.29, 0.717) is 55.8 Å². The summed E-state index contributed by atoms with van der Waals surface area (Å²) in [4.78, 5) is 171. The lowest BCUT2D eigenvalue weighted by atomic mass is 9.97. The van der Waals surface area contributed by atoms with Gasteiger partial charge in [0.25, 0.3) is 23.6 Å². The van der Waals surface area contributed by atoms with Crippen molar-refractivity contribution in [2.45, 2.75) is 173 Å². The van der Waals surface area contributed by atoms with Gasteiger partial charge in [0.15, 0.2) is 23.1 Å². The van der Waals surface area contributed by atoms with E-state index in [2.05, 4.69) is 130 Å². The van der Waals surface area contributed by atoms with Crippen molar-refractivity contribution in [3.8, 4) is 139 Å². The molecule has 36 heteroatoms. The number of likely N-dealkylation sites (tertiary alicyclic amines) is 1. The van der Waals surface area contributed by atoms with Gasteiger partial charge in [0.2, 0.25) is 41.4 Å². The number of piperidine rings is 4. The van der Waals surface area contributed by atoms with Gasteiger partial charge in [0.1, 0.15) is 48.0 Å². The number of alkyl halides is 1. The van der Waals surface area contributed by atoms with Crippen molar-refractivity contribution in [2.24, 2.45) is 0 Å². The smallest absolute Gasteiger partial charge is 0.305 e. The van der Waals surface area contributed by atoms with Gasteiger partial charge in [-0.2, -0.15) is 0 Å². The maximum atomic E-state index is 13.3. The third-order valence-corrected chi connectivity index (χ3v) is 23.8. The quantitative estimate of drug-likeness (QED) is 0.0124. The topological polar surface area (TPSA) is 476 Å². The van der Waals surface area contributed by atoms with E-state index < -0.39 is 83.7 Å². The highest BCUT2D eigenvalue weighted by atomic mass is 32.1. The van der Waals surface area contributed by atoms with Crippen LogP contribution in [0.5, 0.6) is 23.0 Å². The molecular formula is C104H103FN14O19S2. The molecule has 8 aromatic rings. The van der Waals surface area contributed by atoms with Crippen LogP contribution in [0.1, 0.15) is 211 Å². The Balaban J connectivity index is 0.000000217. The van der Waals surface area contributed by atoms with Crippen LogP contribution in [0, 0.1) is 95.2 Å². The number of carboxylic acid groups (broad SMARTS) is 1. The molecule has 0 bridgehead atoms. The fraction of sp³-hybridized carbons (Fsp3) is 0.346. The lowest BCUT2D eigenvalue weighted by molar-refractivity contribution is -0.138. The van der Waals surface area contributed by atoms with E-state index in [0.717, 1.165) is 96.7 Å². The number of thiazole rings is 2. The summed E-state index contributed by atoms with van der Waals surface area (Å²) in [5.74, 6) is 34.7. The Bertz CT molecular complexity index is 6540. The third-order valence-electron chi connectivity index (χ3n) is 21.4. The number of pyridine rings is 2. The lowest BCUT2D eigenvalue weighted by Crippen LogP contribution is -2.54. The molecule has 0 saturated carbocycles. The van der Waals surface area contributed by atoms with E-state index in [-0.39, 0.29) is 147 Å². The SMILES string of the molecule is C#CC#CC#CC#CC#CC#CC.CC(C)(O)C#Cc1cccc(COc2cc(-c3cnc(C4CCN(C(=O)CCNC(=O)CCCOc5cccc6c5C(=O)N(C5CCC(=O)NC5=O)C6=O)CC4)s3)cnc2N)c1.CC(C)(O)C#Cc1cccc(COc2cc(-c3cnc(C4CCNCC4)s3)cnc2N)c1.O=C(O)CCNC(=O)CCCOc1cccc2c1C(=O)N(C1CCC(=O)NC1=O)C2=O.[2H]CF. The number of carbonyl (C=O) groups excluding carboxylic acids is 11. The number of aliphatic hydroxyl groups is 2. The van der Waals surface area contributed by atoms with Gasteiger partial charge in [-0.25, -0.2) is 19.9 Å². The van der Waals surface area contributed by atoms with Crippen molar-refractivity contribution in [3.05, 3.63) is 176 Å². The van der Waals surface area contributed by atoms with Crippen molar-refractivity contribution >= 4 is 105 Å². The summed E-state index contributed by atoms with van der Waals surface area (Å²) in [6.07, 6.45) is 16.8. The van der Waals surface area contributed by atoms with E-state index in [1.165, 1.54) is 23.2 Å². The predicted octanol–water partition coefficient (Wildman–Crippen LogP) is 9.00. The number of amides is 11. The maximum absolute atomic E-state index is 13.3. The number of carbonyl (C=O) groups is 12. The van der Waals surface area contributed by atoms with Gasteiger partial charge in [-0.15, -0.1) is 29.1 Å². The van der Waals surface area contributed by atoms with Gasteiger partial charge in [-0.05, 0) is 230 Å². The van der Waals surface area contributed by atoms with Crippen LogP contribution < -0.4 is 57.0 Å². The maximum Gasteiger partial charge on any atom is 0.305 e. The van der Waals surface area contributed by atoms with Crippen LogP contribution in [0.15, 0.2) is 122 Å². The molecule has 10 heterocycles. The van der Waals surface area contributed by atoms with Gasteiger partial charge in [-0.1, -0.05) is 66.0 Å². The Morgan fingerprint density at radius 1 is 0.543 bits per heavy atom. The summed E-state index contributed by atoms with van der Waals surface area (Å²) in [7, 11) is -1.00. The lowest BCUT2D eigenvalue weighted by Gasteiger charge is -2.31. The molecule has 33 nitrogen and oxygen atoms in total. The Morgan fingerprint density at radius 2 is 0.964 bits per heavy atom. The second kappa shape index (κ2) is 52.3. The van der Waals surface area contributed by atoms with Crippen LogP contribution in [-0.4, -0.2) is 204 Å². The molecule has 6 aliphatic heterocycles. The fourth-order valence-electron chi connectivity index (χ4n) is 14.6. The van der Waals surface area contributed by atoms with Crippen molar-refractivity contribution in [2.75, 3.05) is 71.1 Å². The van der Waals surface area contributed by atoms with E-state index in [1.54, 1.807) is 87.9 Å². The molecule has 0 spiro atoms. The molecule has 140 heavy (non-hydrogen) atoms. The summed E-state index contributed by atoms with van der Waals surface area (Å²) in [6.45, 7) is 12.5. The van der Waals surface area contributed by atoms with E-state index in [1.807, 2.05) is 78.0 Å². The number of aliphatic carboxylic acids is 1. The predicted molar refractivity (Wildman–Crippen MR) is 520 cm³/mol. The average molecular weight is 1940 g/mol. The van der Waals surface area contributed by atoms with Crippen LogP contribution >= 0.6 is 22.7 Å². The number of fused-ring (bicyclic) bond motifs is 2. The number of ether oxygens (including phenoxy) is 4. The summed E-state index contributed by atoms with van der Waals surface area (Å²) in [5.41, 5.74) is 15.7. The molecule has 0 radical (unpaired) electrons. The number of aromatic nitrogens is 4. The monoisotopic (exact) mass is 1940 g/mol. The Labute approximate surface area is 818 Å². The zero-order chi connectivity index (χ0) is 102. The highest BCUT2D eigenvalue weighted by Gasteiger charge is 2.48. The Kier molecular flexibility index (Phi) is 39.0. The summed E-state index contributed by atoms with van der Waals surface area (Å²) < 4.78 is 39.0. The number of carboxylic acids is 1. The molecule has 14 rings (SSSR count). The average Bonchev–Trinajstić information content (AvgIpc) is 1.61. The summed E-state index contributed by atoms with van der Waals surface area (Å²) in [6, 6.07) is 26.1. The van der Waals surface area contributed by atoms with Gasteiger partial charge in [0.05, 0.1) is 70.2 Å². The highest BCUT2D eigenvalue weighted by Crippen LogP contribution is 2.41. The molecule has 722 valence electrons. The number of imide groups is 4. The number of nitrogens with zero attached hydrogens (tertiary/aromatic N) is 7. The van der Waals surface area contributed by atoms with Crippen molar-refractivity contribution in [1.29, 1.82) is 0 Å². The first kappa shape index (κ1) is 104. The van der Waals surface area contributed by atoms with Gasteiger partial charge in [0, 0.05) is 117 Å². The minimum absolute atomic E-state index is 0.0191. The molecule has 0 aliphatic carbocycles. The number of rotatable bonds is 28. The standard InChI is InChI=1S/C45H47N7O9S.C25H28N4O2S.C20H21N3O8.C13H4.CH3F/c1-45(2,59)17-13-27-6-3-7-28(22-27)26-61-34-23-30(24-48-40(34)46)35-25-49-42(62-35)29-15-19-51(20-16-29)38(55)14-18-47-36(53)10-5-21-60-33-9-4-8-31-39(33)44(58)52(43(31)57)32-11-12-37(54)50-41(32)56;1-25(2,30)9-6-17-4-3-5-18(12-17)16-31-21-13-20(14-28-23(21)26)22-15-29-24(32-22)19-7-10-27-11-8-19;24-14(21-9-8-16(26)27)5-2-10-31-13-4-1-3-11-17(13)20(30)23(19(11)29)12-6-7-15(25)22-18(12)28;1-3-5-7-9-11-13-12-10-8-6-4-2;1-2/h3-4,6-9,22-25,29,32,59H,5,10-12,14-16,18-21,26H2,1-2H3,(H2,46,48)(H,47,53)(H,50,54,56);3-5,12-15,19,27,30H,7-8,10-11,16H2,1-2H3,(H2,26,28);1,3-4,12H,2,5-10H2,(H,21,24)(H,26,27)(H,22,25,28);1H,2H3;1H3/i;;;;1D. The molecule has 6 aliphatic rings. The molecule has 4 aromatic carbocycles. The molecule has 2 unspecified atom stereocenters. The largest absolute Gasteiger partial charge is 0.493 e. The molecule has 4 fully saturated rings. The minimum atomic E-state index is -1.09. The number of nitrogens with one attached hydrogen (secondary N) is 5. The number of anilines is 2. The number of hydrogen-bond acceptors (Lipinski definition) is 27. The normalized spacial score (nSPS) is 15.2. The molecular weight excluding hydrogens is 1830 g/mol. The zero-order valence-electron chi connectivity index (χ0n) is 78.5. The van der Waals surface area contributed by atoms with Crippen LogP contribution in [-0.2, 0) is 51.6 Å². The number of halogens is 1. The number of nitrogens with two attached hydrogens (primary N) is 2. The van der Waals surface area contributed by atoms with E-state index in [9.17, 15) is 72.1 Å². The molecule has 11 amide bonds. The first-order valence-corrected chi connectivity index (χ1v) is 46.2. The molecule has 4 saturated heterocycles. The molecule has 4 aromatic heterocycles. The van der Waals surface area contributed by atoms with Crippen LogP contribution in [0.3, 0.4) is 0 Å². The molecule has 2 atom stereocenters. The number of terminal acetylenes is 1. The third kappa shape index (κ3) is 31.5. The first-order chi connectivity index (χ1) is 67.7. The number of hydrogen-bond donors (Lipinski definition) is 10. The van der Waals surface area contributed by atoms with Gasteiger partial charge < -0.3 is 66.6 Å². The highest BCUT2D eigenvalue weighted by molar-refractivity contribution is 7.15. The van der Waals surface area contributed by atoms with Gasteiger partial charge in [-0.3, -0.25) is 82.4 Å². The number of benzene rings is 4. The van der Waals surface area contributed by atoms with Crippen LogP contribution in [0.2, 0.25) is 0 Å². The van der Waals surface area contributed by atoms with Crippen molar-refractivity contribution < 1.29 is 97.6 Å². The van der Waals surface area contributed by atoms with Crippen LogP contribution in [0.4, 0.5) is 16.0 Å². The second-order valence-electron chi connectivity index (χ2n) is 32.9. The minimum Gasteiger partial charge on any atom is -0.493 e. The molecule has 12 N–H and O–H groups in total. The van der Waals surface area contributed by atoms with E-state index >= 15 is 0 Å². The summed E-state index contributed by atoms with van der Waals surface area (Å²) in [5, 5.41) is 43.4. The van der Waals surface area contributed by atoms with Gasteiger partial charge >= 0.3 is 5.97 Å².